The molecule has 0 radical (unpaired) electrons. The Morgan fingerprint density at radius 3 is 2.84 bits per heavy atom. The van der Waals surface area contributed by atoms with Crippen molar-refractivity contribution in [3.63, 3.8) is 0 Å². The fraction of sp³-hybridized carbons (Fsp3) is 0.385. The van der Waals surface area contributed by atoms with E-state index < -0.39 is 12.1 Å². The number of rotatable bonds is 2. The summed E-state index contributed by atoms with van der Waals surface area (Å²) in [5, 5.41) is 7.96. The summed E-state index contributed by atoms with van der Waals surface area (Å²) in [6, 6.07) is 6.93. The number of benzene rings is 1. The molecule has 0 fully saturated rings. The quantitative estimate of drug-likeness (QED) is 0.736. The molecule has 1 unspecified atom stereocenters. The molecule has 1 aromatic rings. The lowest BCUT2D eigenvalue weighted by Crippen LogP contribution is -2.51. The minimum absolute atomic E-state index is 0.309. The van der Waals surface area contributed by atoms with Crippen molar-refractivity contribution in [2.24, 2.45) is 0 Å². The molecular formula is C13H18N4O2. The lowest BCUT2D eigenvalue weighted by atomic mass is 10.1. The number of anilines is 2. The zero-order valence-electron chi connectivity index (χ0n) is 11.1. The van der Waals surface area contributed by atoms with Crippen LogP contribution in [0.2, 0.25) is 0 Å². The van der Waals surface area contributed by atoms with E-state index in [1.165, 1.54) is 7.05 Å². The Bertz CT molecular complexity index is 489. The number of para-hydroxylation sites is 2. The average Bonchev–Trinajstić information content (AvgIpc) is 2.45. The Hall–Kier alpha value is -2.24. The van der Waals surface area contributed by atoms with Crippen molar-refractivity contribution in [1.29, 1.82) is 0 Å². The summed E-state index contributed by atoms with van der Waals surface area (Å²) in [5.74, 6) is -0.309. The maximum atomic E-state index is 12.0. The molecule has 1 aliphatic heterocycles. The molecule has 1 heterocycles. The molecule has 0 saturated carbocycles. The van der Waals surface area contributed by atoms with Crippen molar-refractivity contribution in [1.82, 2.24) is 10.6 Å². The standard InChI is InChI=1S/C13H18N4O2/c1-9(12(18)16-13(19)14-2)17-8-7-15-10-5-3-4-6-11(10)17/h3-6,9,15H,7-8H2,1-2H3,(H2,14,16,18,19). The van der Waals surface area contributed by atoms with E-state index in [-0.39, 0.29) is 5.91 Å². The monoisotopic (exact) mass is 262 g/mol. The van der Waals surface area contributed by atoms with Crippen LogP contribution in [0.15, 0.2) is 24.3 Å². The summed E-state index contributed by atoms with van der Waals surface area (Å²) < 4.78 is 0. The molecule has 19 heavy (non-hydrogen) atoms. The fourth-order valence-electron chi connectivity index (χ4n) is 2.13. The van der Waals surface area contributed by atoms with E-state index in [0.717, 1.165) is 24.5 Å². The first-order chi connectivity index (χ1) is 9.13. The summed E-state index contributed by atoms with van der Waals surface area (Å²) >= 11 is 0. The minimum Gasteiger partial charge on any atom is -0.382 e. The van der Waals surface area contributed by atoms with Crippen LogP contribution in [0.1, 0.15) is 6.92 Å². The second kappa shape index (κ2) is 5.60. The number of nitrogens with one attached hydrogen (secondary N) is 3. The van der Waals surface area contributed by atoms with E-state index >= 15 is 0 Å². The van der Waals surface area contributed by atoms with Gasteiger partial charge in [-0.2, -0.15) is 0 Å². The SMILES string of the molecule is CNC(=O)NC(=O)C(C)N1CCNc2ccccc21. The van der Waals surface area contributed by atoms with Gasteiger partial charge in [0, 0.05) is 20.1 Å². The van der Waals surface area contributed by atoms with Crippen LogP contribution in [0.25, 0.3) is 0 Å². The Balaban J connectivity index is 2.14. The third-order valence-electron chi connectivity index (χ3n) is 3.19. The second-order valence-electron chi connectivity index (χ2n) is 4.38. The van der Waals surface area contributed by atoms with Crippen molar-refractivity contribution >= 4 is 23.3 Å². The Morgan fingerprint density at radius 2 is 2.11 bits per heavy atom. The largest absolute Gasteiger partial charge is 0.382 e. The number of hydrogen-bond donors (Lipinski definition) is 3. The summed E-state index contributed by atoms with van der Waals surface area (Å²) in [5.41, 5.74) is 1.99. The van der Waals surface area contributed by atoms with Gasteiger partial charge >= 0.3 is 6.03 Å². The summed E-state index contributed by atoms with van der Waals surface area (Å²) in [7, 11) is 1.48. The maximum Gasteiger partial charge on any atom is 0.321 e. The molecule has 0 saturated heterocycles. The predicted molar refractivity (Wildman–Crippen MR) is 74.3 cm³/mol. The Kier molecular flexibility index (Phi) is 3.89. The molecule has 3 N–H and O–H groups in total. The van der Waals surface area contributed by atoms with Crippen molar-refractivity contribution < 1.29 is 9.59 Å². The van der Waals surface area contributed by atoms with Gasteiger partial charge in [-0.05, 0) is 19.1 Å². The van der Waals surface area contributed by atoms with Crippen LogP contribution in [-0.4, -0.2) is 38.1 Å². The molecule has 1 aliphatic rings. The van der Waals surface area contributed by atoms with Gasteiger partial charge in [-0.3, -0.25) is 10.1 Å². The Labute approximate surface area is 112 Å². The highest BCUT2D eigenvalue weighted by Crippen LogP contribution is 2.29. The molecule has 0 bridgehead atoms. The third-order valence-corrected chi connectivity index (χ3v) is 3.19. The number of amides is 3. The minimum atomic E-state index is -0.486. The molecule has 3 amide bonds. The zero-order chi connectivity index (χ0) is 13.8. The number of nitrogens with zero attached hydrogens (tertiary/aromatic N) is 1. The van der Waals surface area contributed by atoms with Crippen LogP contribution in [0.5, 0.6) is 0 Å². The smallest absolute Gasteiger partial charge is 0.321 e. The molecule has 1 atom stereocenters. The molecule has 6 nitrogen and oxygen atoms in total. The summed E-state index contributed by atoms with van der Waals surface area (Å²) in [6.07, 6.45) is 0. The van der Waals surface area contributed by atoms with E-state index in [0.29, 0.717) is 0 Å². The number of carbonyl (C=O) groups is 2. The Morgan fingerprint density at radius 1 is 1.37 bits per heavy atom. The van der Waals surface area contributed by atoms with Crippen LogP contribution in [0.3, 0.4) is 0 Å². The topological polar surface area (TPSA) is 73.5 Å². The maximum absolute atomic E-state index is 12.0. The molecule has 0 spiro atoms. The van der Waals surface area contributed by atoms with E-state index in [9.17, 15) is 9.59 Å². The van der Waals surface area contributed by atoms with Crippen LogP contribution >= 0.6 is 0 Å². The number of urea groups is 1. The highest BCUT2D eigenvalue weighted by atomic mass is 16.2. The van der Waals surface area contributed by atoms with Gasteiger partial charge < -0.3 is 15.5 Å². The van der Waals surface area contributed by atoms with Gasteiger partial charge in [0.1, 0.15) is 6.04 Å². The molecule has 0 aromatic heterocycles. The molecule has 6 heteroatoms. The highest BCUT2D eigenvalue weighted by molar-refractivity contribution is 5.98. The van der Waals surface area contributed by atoms with E-state index in [2.05, 4.69) is 16.0 Å². The van der Waals surface area contributed by atoms with Gasteiger partial charge in [-0.15, -0.1) is 0 Å². The van der Waals surface area contributed by atoms with Gasteiger partial charge in [-0.25, -0.2) is 4.79 Å². The summed E-state index contributed by atoms with van der Waals surface area (Å²) in [6.45, 7) is 3.29. The van der Waals surface area contributed by atoms with Crippen molar-refractivity contribution in [3.05, 3.63) is 24.3 Å². The average molecular weight is 262 g/mol. The van der Waals surface area contributed by atoms with Gasteiger partial charge in [-0.1, -0.05) is 12.1 Å². The first kappa shape index (κ1) is 13.2. The number of hydrogen-bond acceptors (Lipinski definition) is 4. The second-order valence-corrected chi connectivity index (χ2v) is 4.38. The van der Waals surface area contributed by atoms with Gasteiger partial charge in [0.25, 0.3) is 0 Å². The highest BCUT2D eigenvalue weighted by Gasteiger charge is 2.26. The van der Waals surface area contributed by atoms with Crippen molar-refractivity contribution in [3.8, 4) is 0 Å². The van der Waals surface area contributed by atoms with Crippen LogP contribution < -0.4 is 20.9 Å². The van der Waals surface area contributed by atoms with Gasteiger partial charge in [0.15, 0.2) is 0 Å². The summed E-state index contributed by atoms with van der Waals surface area (Å²) in [4.78, 5) is 25.2. The van der Waals surface area contributed by atoms with Gasteiger partial charge in [0.2, 0.25) is 5.91 Å². The first-order valence-corrected chi connectivity index (χ1v) is 6.25. The molecule has 2 rings (SSSR count). The first-order valence-electron chi connectivity index (χ1n) is 6.25. The van der Waals surface area contributed by atoms with Crippen LogP contribution in [0, 0.1) is 0 Å². The van der Waals surface area contributed by atoms with E-state index in [1.807, 2.05) is 29.2 Å². The number of fused-ring (bicyclic) bond motifs is 1. The van der Waals surface area contributed by atoms with E-state index in [4.69, 9.17) is 0 Å². The zero-order valence-corrected chi connectivity index (χ0v) is 11.1. The molecule has 1 aromatic carbocycles. The van der Waals surface area contributed by atoms with Crippen LogP contribution in [0.4, 0.5) is 16.2 Å². The fourth-order valence-corrected chi connectivity index (χ4v) is 2.13. The molecule has 102 valence electrons. The lowest BCUT2D eigenvalue weighted by molar-refractivity contribution is -0.121. The van der Waals surface area contributed by atoms with Crippen LogP contribution in [-0.2, 0) is 4.79 Å². The number of carbonyl (C=O) groups excluding carboxylic acids is 2. The molecular weight excluding hydrogens is 244 g/mol. The normalized spacial score (nSPS) is 14.9. The third kappa shape index (κ3) is 2.78. The molecule has 0 aliphatic carbocycles. The lowest BCUT2D eigenvalue weighted by Gasteiger charge is -2.35. The van der Waals surface area contributed by atoms with E-state index in [1.54, 1.807) is 6.92 Å². The van der Waals surface area contributed by atoms with Crippen molar-refractivity contribution in [2.45, 2.75) is 13.0 Å². The van der Waals surface area contributed by atoms with Gasteiger partial charge in [0.05, 0.1) is 11.4 Å². The predicted octanol–water partition coefficient (Wildman–Crippen LogP) is 0.763. The number of imide groups is 1. The van der Waals surface area contributed by atoms with Crippen molar-refractivity contribution in [2.75, 3.05) is 30.4 Å².